The summed E-state index contributed by atoms with van der Waals surface area (Å²) >= 11 is 0. The van der Waals surface area contributed by atoms with Crippen LogP contribution in [0.25, 0.3) is 0 Å². The minimum Gasteiger partial charge on any atom is -0.465 e. The van der Waals surface area contributed by atoms with Gasteiger partial charge in [-0.3, -0.25) is 19.3 Å². The van der Waals surface area contributed by atoms with Crippen LogP contribution < -0.4 is 0 Å². The van der Waals surface area contributed by atoms with E-state index in [-0.39, 0.29) is 25.0 Å². The van der Waals surface area contributed by atoms with Gasteiger partial charge in [0.2, 0.25) is 11.8 Å². The Morgan fingerprint density at radius 1 is 0.946 bits per heavy atom. The summed E-state index contributed by atoms with van der Waals surface area (Å²) in [5, 5.41) is 9.10. The summed E-state index contributed by atoms with van der Waals surface area (Å²) in [4.78, 5) is 47.0. The van der Waals surface area contributed by atoms with E-state index in [1.165, 1.54) is 0 Å². The van der Waals surface area contributed by atoms with Crippen molar-refractivity contribution in [3.05, 3.63) is 24.3 Å². The van der Waals surface area contributed by atoms with E-state index in [1.807, 2.05) is 29.2 Å². The zero-order valence-corrected chi connectivity index (χ0v) is 21.5. The van der Waals surface area contributed by atoms with Crippen molar-refractivity contribution in [3.63, 3.8) is 0 Å². The minimum atomic E-state index is -1.20. The van der Waals surface area contributed by atoms with Crippen molar-refractivity contribution in [2.75, 3.05) is 65.7 Å². The van der Waals surface area contributed by atoms with E-state index in [4.69, 9.17) is 19.3 Å². The predicted octanol–water partition coefficient (Wildman–Crippen LogP) is 0.354. The Labute approximate surface area is 218 Å². The van der Waals surface area contributed by atoms with Gasteiger partial charge in [-0.25, -0.2) is 0 Å². The van der Waals surface area contributed by atoms with Crippen molar-refractivity contribution >= 4 is 17.8 Å². The fraction of sp³-hybridized carbons (Fsp3) is 0.741. The molecule has 0 aromatic heterocycles. The van der Waals surface area contributed by atoms with E-state index in [0.717, 1.165) is 32.5 Å². The van der Waals surface area contributed by atoms with Crippen LogP contribution in [0, 0.1) is 11.8 Å². The first-order valence-electron chi connectivity index (χ1n) is 13.8. The molecule has 3 saturated heterocycles. The summed E-state index contributed by atoms with van der Waals surface area (Å²) in [6, 6.07) is -0.819. The van der Waals surface area contributed by atoms with Gasteiger partial charge in [-0.05, 0) is 19.3 Å². The van der Waals surface area contributed by atoms with Crippen molar-refractivity contribution in [3.8, 4) is 0 Å². The van der Waals surface area contributed by atoms with E-state index < -0.39 is 35.6 Å². The molecule has 5 aliphatic heterocycles. The highest BCUT2D eigenvalue weighted by Gasteiger charge is 2.71. The zero-order valence-electron chi connectivity index (χ0n) is 21.5. The first-order chi connectivity index (χ1) is 18.1. The number of carbonyl (C=O) groups is 3. The van der Waals surface area contributed by atoms with Crippen molar-refractivity contribution in [2.24, 2.45) is 11.8 Å². The molecule has 1 N–H and O–H groups in total. The second kappa shape index (κ2) is 11.6. The number of aliphatic hydroxyl groups excluding tert-OH is 1. The van der Waals surface area contributed by atoms with Gasteiger partial charge in [-0.1, -0.05) is 37.1 Å². The van der Waals surface area contributed by atoms with Crippen LogP contribution in [-0.4, -0.2) is 121 Å². The number of aliphatic hydroxyl groups is 1. The molecule has 0 bridgehead atoms. The molecule has 0 aromatic rings. The number of hydrogen-bond acceptors (Lipinski definition) is 8. The maximum Gasteiger partial charge on any atom is 0.312 e. The normalized spacial score (nSPS) is 34.0. The maximum absolute atomic E-state index is 14.2. The summed E-state index contributed by atoms with van der Waals surface area (Å²) in [6.07, 6.45) is 10.7. The molecule has 5 rings (SSSR count). The summed E-state index contributed by atoms with van der Waals surface area (Å²) in [5.41, 5.74) is -1.20. The Bertz CT molecular complexity index is 918. The van der Waals surface area contributed by atoms with E-state index in [2.05, 4.69) is 4.90 Å². The highest BCUT2D eigenvalue weighted by Crippen LogP contribution is 2.53. The number of fused-ring (bicyclic) bond motifs is 2. The molecule has 5 atom stereocenters. The number of esters is 1. The molecule has 5 heterocycles. The van der Waals surface area contributed by atoms with Gasteiger partial charge in [0.05, 0.1) is 31.8 Å². The number of hydrogen-bond donors (Lipinski definition) is 1. The number of carbonyl (C=O) groups excluding carboxylic acids is 3. The minimum absolute atomic E-state index is 0.129. The van der Waals surface area contributed by atoms with Gasteiger partial charge in [-0.15, -0.1) is 0 Å². The molecule has 10 heteroatoms. The maximum atomic E-state index is 14.2. The molecular weight excluding hydrogens is 478 g/mol. The standard InChI is InChI=1S/C27H39N3O7/c31-16-5-2-1-4-11-30-23-25(33)29(13-12-28-14-18-35-19-15-28)10-7-9-27(23)22(24(30)32)21-20(37-27)8-3-6-17-36-26(21)34/h3,7-9,20-23,31H,1-2,4-6,10-19H2/t20-,21+,22-,23?,27-/m0/s1. The first kappa shape index (κ1) is 26.3. The summed E-state index contributed by atoms with van der Waals surface area (Å²) in [7, 11) is 0. The molecule has 0 aromatic carbocycles. The second-order valence-electron chi connectivity index (χ2n) is 10.5. The average Bonchev–Trinajstić information content (AvgIpc) is 3.27. The zero-order chi connectivity index (χ0) is 25.8. The van der Waals surface area contributed by atoms with Crippen LogP contribution in [0.1, 0.15) is 32.1 Å². The lowest BCUT2D eigenvalue weighted by atomic mass is 9.77. The SMILES string of the molecule is O=C1OCCC=C[C@@H]2O[C@]34C=CCN(CCN5CCOCC5)C(=O)C3N(CCCCCCO)C(=O)[C@@H]4[C@H]12. The fourth-order valence-corrected chi connectivity index (χ4v) is 6.43. The van der Waals surface area contributed by atoms with E-state index >= 15 is 0 Å². The molecule has 1 unspecified atom stereocenters. The average molecular weight is 518 g/mol. The highest BCUT2D eigenvalue weighted by molar-refractivity contribution is 5.99. The van der Waals surface area contributed by atoms with Crippen LogP contribution >= 0.6 is 0 Å². The number of nitrogens with zero attached hydrogens (tertiary/aromatic N) is 3. The van der Waals surface area contributed by atoms with Gasteiger partial charge >= 0.3 is 5.97 Å². The van der Waals surface area contributed by atoms with Gasteiger partial charge in [0, 0.05) is 45.9 Å². The molecule has 0 saturated carbocycles. The number of cyclic esters (lactones) is 1. The molecular formula is C27H39N3O7. The third-order valence-corrected chi connectivity index (χ3v) is 8.30. The quantitative estimate of drug-likeness (QED) is 0.265. The summed E-state index contributed by atoms with van der Waals surface area (Å²) < 4.78 is 17.5. The van der Waals surface area contributed by atoms with Crippen molar-refractivity contribution in [1.29, 1.82) is 0 Å². The van der Waals surface area contributed by atoms with Crippen LogP contribution in [0.2, 0.25) is 0 Å². The molecule has 10 nitrogen and oxygen atoms in total. The Hall–Kier alpha value is -2.27. The van der Waals surface area contributed by atoms with Crippen LogP contribution in [0.5, 0.6) is 0 Å². The topological polar surface area (TPSA) is 109 Å². The van der Waals surface area contributed by atoms with Crippen molar-refractivity contribution in [1.82, 2.24) is 14.7 Å². The molecule has 204 valence electrons. The van der Waals surface area contributed by atoms with Gasteiger partial charge in [0.1, 0.15) is 17.6 Å². The smallest absolute Gasteiger partial charge is 0.312 e. The molecule has 1 spiro atoms. The lowest BCUT2D eigenvalue weighted by Crippen LogP contribution is -2.56. The van der Waals surface area contributed by atoms with Crippen LogP contribution in [-0.2, 0) is 28.6 Å². The number of unbranched alkanes of at least 4 members (excludes halogenated alkanes) is 3. The Balaban J connectivity index is 1.42. The van der Waals surface area contributed by atoms with Gasteiger partial charge < -0.3 is 29.1 Å². The Morgan fingerprint density at radius 3 is 2.57 bits per heavy atom. The van der Waals surface area contributed by atoms with Crippen LogP contribution in [0.15, 0.2) is 24.3 Å². The highest BCUT2D eigenvalue weighted by atomic mass is 16.6. The monoisotopic (exact) mass is 517 g/mol. The largest absolute Gasteiger partial charge is 0.465 e. The molecule has 5 aliphatic rings. The van der Waals surface area contributed by atoms with Crippen molar-refractivity contribution in [2.45, 2.75) is 49.9 Å². The van der Waals surface area contributed by atoms with Gasteiger partial charge in [0.15, 0.2) is 0 Å². The van der Waals surface area contributed by atoms with Gasteiger partial charge in [-0.2, -0.15) is 0 Å². The molecule has 3 fully saturated rings. The number of likely N-dealkylation sites (tertiary alicyclic amines) is 1. The molecule has 37 heavy (non-hydrogen) atoms. The summed E-state index contributed by atoms with van der Waals surface area (Å²) in [6.45, 7) is 5.62. The van der Waals surface area contributed by atoms with E-state index in [1.54, 1.807) is 4.90 Å². The molecule has 0 radical (unpaired) electrons. The lowest BCUT2D eigenvalue weighted by molar-refractivity contribution is -0.155. The third kappa shape index (κ3) is 5.08. The van der Waals surface area contributed by atoms with E-state index in [9.17, 15) is 14.4 Å². The number of rotatable bonds is 9. The lowest BCUT2D eigenvalue weighted by Gasteiger charge is -2.36. The van der Waals surface area contributed by atoms with Crippen LogP contribution in [0.4, 0.5) is 0 Å². The Kier molecular flexibility index (Phi) is 8.28. The predicted molar refractivity (Wildman–Crippen MR) is 133 cm³/mol. The van der Waals surface area contributed by atoms with E-state index in [0.29, 0.717) is 52.1 Å². The number of ether oxygens (including phenoxy) is 3. The van der Waals surface area contributed by atoms with Gasteiger partial charge in [0.25, 0.3) is 0 Å². The Morgan fingerprint density at radius 2 is 1.76 bits per heavy atom. The number of amides is 2. The first-order valence-corrected chi connectivity index (χ1v) is 13.8. The third-order valence-electron chi connectivity index (χ3n) is 8.30. The van der Waals surface area contributed by atoms with Crippen LogP contribution in [0.3, 0.4) is 0 Å². The second-order valence-corrected chi connectivity index (χ2v) is 10.5. The number of morpholine rings is 1. The summed E-state index contributed by atoms with van der Waals surface area (Å²) in [5.74, 6) is -2.34. The molecule has 2 amide bonds. The molecule has 0 aliphatic carbocycles. The fourth-order valence-electron chi connectivity index (χ4n) is 6.43. The van der Waals surface area contributed by atoms with Crippen molar-refractivity contribution < 1.29 is 33.7 Å².